The molecular formula is C15H17ClO4. The molecule has 0 amide bonds. The van der Waals surface area contributed by atoms with E-state index in [-0.39, 0.29) is 0 Å². The quantitative estimate of drug-likeness (QED) is 0.614. The fourth-order valence-corrected chi connectivity index (χ4v) is 1.74. The predicted octanol–water partition coefficient (Wildman–Crippen LogP) is 3.79. The number of methoxy groups -OCH3 is 1. The highest BCUT2D eigenvalue weighted by atomic mass is 35.5. The first kappa shape index (κ1) is 16.1. The molecule has 108 valence electrons. The molecule has 1 aromatic rings. The summed E-state index contributed by atoms with van der Waals surface area (Å²) in [5, 5.41) is 8.98. The number of hydrogen-bond donors (Lipinski definition) is 1. The summed E-state index contributed by atoms with van der Waals surface area (Å²) in [4.78, 5) is 10.5. The minimum absolute atomic E-state index is 0.371. The smallest absolute Gasteiger partial charge is 0.328 e. The minimum atomic E-state index is -1.03. The van der Waals surface area contributed by atoms with E-state index in [0.717, 1.165) is 18.1 Å². The fourth-order valence-electron chi connectivity index (χ4n) is 1.47. The first-order chi connectivity index (χ1) is 9.43. The van der Waals surface area contributed by atoms with Crippen LogP contribution in [0.4, 0.5) is 0 Å². The van der Waals surface area contributed by atoms with Crippen LogP contribution in [0.25, 0.3) is 6.08 Å². The second-order valence-corrected chi connectivity index (χ2v) is 4.67. The van der Waals surface area contributed by atoms with E-state index in [9.17, 15) is 4.79 Å². The van der Waals surface area contributed by atoms with Crippen LogP contribution in [0.1, 0.15) is 18.9 Å². The average molecular weight is 297 g/mol. The summed E-state index contributed by atoms with van der Waals surface area (Å²) < 4.78 is 10.8. The second-order valence-electron chi connectivity index (χ2n) is 4.26. The second kappa shape index (κ2) is 7.60. The van der Waals surface area contributed by atoms with Gasteiger partial charge in [0.15, 0.2) is 11.5 Å². The third kappa shape index (κ3) is 4.97. The summed E-state index contributed by atoms with van der Waals surface area (Å²) >= 11 is 6.14. The van der Waals surface area contributed by atoms with Crippen molar-refractivity contribution in [3.63, 3.8) is 0 Å². The van der Waals surface area contributed by atoms with Gasteiger partial charge in [0.1, 0.15) is 0 Å². The monoisotopic (exact) mass is 296 g/mol. The Labute approximate surface area is 123 Å². The van der Waals surface area contributed by atoms with Crippen molar-refractivity contribution in [2.45, 2.75) is 13.3 Å². The van der Waals surface area contributed by atoms with Crippen molar-refractivity contribution in [3.8, 4) is 11.5 Å². The molecule has 0 atom stereocenters. The van der Waals surface area contributed by atoms with Crippen LogP contribution >= 0.6 is 11.6 Å². The molecule has 0 fully saturated rings. The van der Waals surface area contributed by atoms with Crippen LogP contribution in [-0.4, -0.2) is 24.8 Å². The normalized spacial score (nSPS) is 10.6. The maximum Gasteiger partial charge on any atom is 0.328 e. The molecule has 0 aliphatic heterocycles. The average Bonchev–Trinajstić information content (AvgIpc) is 2.37. The van der Waals surface area contributed by atoms with Crippen LogP contribution in [0.2, 0.25) is 5.02 Å². The largest absolute Gasteiger partial charge is 0.493 e. The number of aliphatic carboxylic acids is 1. The van der Waals surface area contributed by atoms with Crippen molar-refractivity contribution in [2.75, 3.05) is 13.7 Å². The molecule has 1 rings (SSSR count). The van der Waals surface area contributed by atoms with E-state index in [4.69, 9.17) is 26.2 Å². The van der Waals surface area contributed by atoms with Crippen molar-refractivity contribution in [3.05, 3.63) is 40.9 Å². The topological polar surface area (TPSA) is 55.8 Å². The molecule has 4 nitrogen and oxygen atoms in total. The Morgan fingerprint density at radius 1 is 1.50 bits per heavy atom. The van der Waals surface area contributed by atoms with Crippen molar-refractivity contribution in [2.24, 2.45) is 0 Å². The number of carboxylic acids is 1. The van der Waals surface area contributed by atoms with Crippen LogP contribution in [0, 0.1) is 0 Å². The van der Waals surface area contributed by atoms with Crippen molar-refractivity contribution < 1.29 is 19.4 Å². The van der Waals surface area contributed by atoms with Gasteiger partial charge in [-0.05, 0) is 30.7 Å². The highest BCUT2D eigenvalue weighted by Crippen LogP contribution is 2.36. The highest BCUT2D eigenvalue weighted by molar-refractivity contribution is 6.32. The van der Waals surface area contributed by atoms with Gasteiger partial charge in [0.2, 0.25) is 0 Å². The van der Waals surface area contributed by atoms with E-state index in [2.05, 4.69) is 6.58 Å². The van der Waals surface area contributed by atoms with Gasteiger partial charge in [-0.3, -0.25) is 0 Å². The first-order valence-electron chi connectivity index (χ1n) is 5.99. The Kier molecular flexibility index (Phi) is 6.12. The Morgan fingerprint density at radius 2 is 2.20 bits per heavy atom. The molecule has 0 heterocycles. The third-order valence-corrected chi connectivity index (χ3v) is 2.73. The maximum absolute atomic E-state index is 10.5. The Morgan fingerprint density at radius 3 is 2.75 bits per heavy atom. The van der Waals surface area contributed by atoms with Gasteiger partial charge >= 0.3 is 5.97 Å². The molecule has 0 aromatic heterocycles. The Balaban J connectivity index is 2.95. The number of rotatable bonds is 7. The molecule has 1 N–H and O–H groups in total. The lowest BCUT2D eigenvalue weighted by Gasteiger charge is -2.13. The van der Waals surface area contributed by atoms with Gasteiger partial charge < -0.3 is 14.6 Å². The zero-order valence-corrected chi connectivity index (χ0v) is 12.2. The van der Waals surface area contributed by atoms with Gasteiger partial charge in [0.05, 0.1) is 18.7 Å². The SMILES string of the molecule is C=C(C)CCOc1c(Cl)cc(/C=C/C(=O)O)cc1OC. The first-order valence-corrected chi connectivity index (χ1v) is 6.37. The Hall–Kier alpha value is -1.94. The van der Waals surface area contributed by atoms with E-state index in [1.165, 1.54) is 13.2 Å². The van der Waals surface area contributed by atoms with E-state index in [1.54, 1.807) is 12.1 Å². The van der Waals surface area contributed by atoms with Crippen molar-refractivity contribution in [1.82, 2.24) is 0 Å². The lowest BCUT2D eigenvalue weighted by molar-refractivity contribution is -0.131. The lowest BCUT2D eigenvalue weighted by Crippen LogP contribution is -2.00. The summed E-state index contributed by atoms with van der Waals surface area (Å²) in [5.41, 5.74) is 1.64. The molecule has 0 radical (unpaired) electrons. The standard InChI is InChI=1S/C15H17ClO4/c1-10(2)6-7-20-15-12(16)8-11(4-5-14(17)18)9-13(15)19-3/h4-5,8-9H,1,6-7H2,2-3H3,(H,17,18)/b5-4+. The molecular weight excluding hydrogens is 280 g/mol. The lowest BCUT2D eigenvalue weighted by atomic mass is 10.2. The molecule has 5 heteroatoms. The van der Waals surface area contributed by atoms with Crippen LogP contribution in [-0.2, 0) is 4.79 Å². The van der Waals surface area contributed by atoms with Crippen molar-refractivity contribution >= 4 is 23.6 Å². The van der Waals surface area contributed by atoms with Gasteiger partial charge in [-0.1, -0.05) is 17.2 Å². The molecule has 1 aromatic carbocycles. The van der Waals surface area contributed by atoms with Crippen LogP contribution in [0.15, 0.2) is 30.4 Å². The van der Waals surface area contributed by atoms with Crippen LogP contribution in [0.3, 0.4) is 0 Å². The summed E-state index contributed by atoms with van der Waals surface area (Å²) in [6, 6.07) is 3.29. The molecule has 0 spiro atoms. The minimum Gasteiger partial charge on any atom is -0.493 e. The van der Waals surface area contributed by atoms with Crippen molar-refractivity contribution in [1.29, 1.82) is 0 Å². The number of carbonyl (C=O) groups is 1. The van der Waals surface area contributed by atoms with Gasteiger partial charge in [-0.15, -0.1) is 6.58 Å². The van der Waals surface area contributed by atoms with Gasteiger partial charge in [-0.25, -0.2) is 4.79 Å². The summed E-state index contributed by atoms with van der Waals surface area (Å²) in [7, 11) is 1.50. The number of benzene rings is 1. The number of halogens is 1. The summed E-state index contributed by atoms with van der Waals surface area (Å²) in [6.07, 6.45) is 3.20. The molecule has 0 bridgehead atoms. The summed E-state index contributed by atoms with van der Waals surface area (Å²) in [5.74, 6) is -0.117. The molecule has 0 aliphatic rings. The fraction of sp³-hybridized carbons (Fsp3) is 0.267. The Bertz CT molecular complexity index is 535. The molecule has 0 saturated carbocycles. The van der Waals surface area contributed by atoms with Gasteiger partial charge in [-0.2, -0.15) is 0 Å². The number of ether oxygens (including phenoxy) is 2. The molecule has 20 heavy (non-hydrogen) atoms. The van der Waals surface area contributed by atoms with E-state index in [0.29, 0.717) is 28.7 Å². The van der Waals surface area contributed by atoms with Crippen LogP contribution < -0.4 is 9.47 Å². The van der Waals surface area contributed by atoms with E-state index < -0.39 is 5.97 Å². The van der Waals surface area contributed by atoms with E-state index >= 15 is 0 Å². The summed E-state index contributed by atoms with van der Waals surface area (Å²) in [6.45, 7) is 6.17. The molecule has 0 saturated heterocycles. The van der Waals surface area contributed by atoms with Gasteiger partial charge in [0.25, 0.3) is 0 Å². The van der Waals surface area contributed by atoms with E-state index in [1.807, 2.05) is 6.92 Å². The van der Waals surface area contributed by atoms with Gasteiger partial charge in [0, 0.05) is 12.5 Å². The predicted molar refractivity (Wildman–Crippen MR) is 79.6 cm³/mol. The zero-order chi connectivity index (χ0) is 15.1. The zero-order valence-electron chi connectivity index (χ0n) is 11.5. The number of carboxylic acid groups (broad SMARTS) is 1. The highest BCUT2D eigenvalue weighted by Gasteiger charge is 2.11. The maximum atomic E-state index is 10.5. The molecule has 0 unspecified atom stereocenters. The van der Waals surface area contributed by atoms with Crippen LogP contribution in [0.5, 0.6) is 11.5 Å². The molecule has 0 aliphatic carbocycles. The third-order valence-electron chi connectivity index (χ3n) is 2.45. The number of hydrogen-bond acceptors (Lipinski definition) is 3.